The Kier molecular flexibility index (Phi) is 4.00. The van der Waals surface area contributed by atoms with E-state index >= 15 is 0 Å². The summed E-state index contributed by atoms with van der Waals surface area (Å²) in [6.45, 7) is 4.32. The summed E-state index contributed by atoms with van der Waals surface area (Å²) in [4.78, 5) is 0. The fourth-order valence-corrected chi connectivity index (χ4v) is 2.21. The maximum atomic E-state index is 6.00. The Balaban J connectivity index is 2.08. The van der Waals surface area contributed by atoms with Crippen molar-refractivity contribution in [3.8, 4) is 0 Å². The van der Waals surface area contributed by atoms with Gasteiger partial charge in [0.2, 0.25) is 0 Å². The molecule has 0 saturated carbocycles. The van der Waals surface area contributed by atoms with Gasteiger partial charge in [-0.05, 0) is 31.0 Å². The van der Waals surface area contributed by atoms with E-state index in [1.54, 1.807) is 0 Å². The first-order valence-electron chi connectivity index (χ1n) is 6.34. The van der Waals surface area contributed by atoms with E-state index in [1.165, 1.54) is 5.56 Å². The van der Waals surface area contributed by atoms with Crippen LogP contribution in [0.25, 0.3) is 0 Å². The van der Waals surface area contributed by atoms with Crippen LogP contribution in [0.15, 0.2) is 54.6 Å². The molecule has 0 bridgehead atoms. The van der Waals surface area contributed by atoms with Crippen molar-refractivity contribution in [1.82, 2.24) is 5.32 Å². The third-order valence-electron chi connectivity index (χ3n) is 3.26. The van der Waals surface area contributed by atoms with Crippen molar-refractivity contribution in [3.63, 3.8) is 0 Å². The summed E-state index contributed by atoms with van der Waals surface area (Å²) in [6.07, 6.45) is 0. The molecule has 2 heteroatoms. The topological polar surface area (TPSA) is 38.0 Å². The largest absolute Gasteiger partial charge is 0.398 e. The number of nitrogens with two attached hydrogens (primary N) is 1. The molecule has 94 valence electrons. The Labute approximate surface area is 109 Å². The van der Waals surface area contributed by atoms with Gasteiger partial charge in [0.15, 0.2) is 0 Å². The molecular formula is C16H20N2. The predicted octanol–water partition coefficient (Wildman–Crippen LogP) is 3.68. The standard InChI is InChI=1S/C16H20N2/c1-12(14-8-4-3-5-9-14)18-13(2)15-10-6-7-11-16(15)17/h3-13,18H,17H2,1-2H3. The zero-order valence-corrected chi connectivity index (χ0v) is 10.9. The lowest BCUT2D eigenvalue weighted by Crippen LogP contribution is -2.23. The molecule has 0 aliphatic heterocycles. The van der Waals surface area contributed by atoms with Crippen molar-refractivity contribution in [1.29, 1.82) is 0 Å². The highest BCUT2D eigenvalue weighted by Crippen LogP contribution is 2.23. The second-order valence-electron chi connectivity index (χ2n) is 4.65. The van der Waals surface area contributed by atoms with Gasteiger partial charge in [-0.3, -0.25) is 0 Å². The smallest absolute Gasteiger partial charge is 0.0362 e. The number of benzene rings is 2. The Morgan fingerprint density at radius 3 is 2.11 bits per heavy atom. The maximum absolute atomic E-state index is 6.00. The molecule has 0 saturated heterocycles. The van der Waals surface area contributed by atoms with Gasteiger partial charge in [0.05, 0.1) is 0 Å². The Bertz CT molecular complexity index is 493. The van der Waals surface area contributed by atoms with Crippen LogP contribution in [0.1, 0.15) is 37.1 Å². The van der Waals surface area contributed by atoms with Gasteiger partial charge < -0.3 is 11.1 Å². The fourth-order valence-electron chi connectivity index (χ4n) is 2.21. The van der Waals surface area contributed by atoms with Gasteiger partial charge in [-0.2, -0.15) is 0 Å². The van der Waals surface area contributed by atoms with Crippen LogP contribution < -0.4 is 11.1 Å². The minimum Gasteiger partial charge on any atom is -0.398 e. The van der Waals surface area contributed by atoms with Gasteiger partial charge in [0, 0.05) is 17.8 Å². The molecule has 0 aliphatic carbocycles. The van der Waals surface area contributed by atoms with E-state index in [9.17, 15) is 0 Å². The molecule has 2 atom stereocenters. The van der Waals surface area contributed by atoms with Crippen LogP contribution in [0, 0.1) is 0 Å². The lowest BCUT2D eigenvalue weighted by Gasteiger charge is -2.21. The molecule has 2 nitrogen and oxygen atoms in total. The SMILES string of the molecule is CC(NC(C)c1ccccc1N)c1ccccc1. The minimum atomic E-state index is 0.237. The third kappa shape index (κ3) is 2.90. The summed E-state index contributed by atoms with van der Waals surface area (Å²) in [5, 5.41) is 3.57. The molecule has 0 aliphatic rings. The summed E-state index contributed by atoms with van der Waals surface area (Å²) in [6, 6.07) is 19.0. The molecule has 2 rings (SSSR count). The molecule has 0 radical (unpaired) electrons. The Hall–Kier alpha value is -1.80. The van der Waals surface area contributed by atoms with Gasteiger partial charge in [0.25, 0.3) is 0 Å². The van der Waals surface area contributed by atoms with Crippen LogP contribution in [0.4, 0.5) is 5.69 Å². The number of nitrogen functional groups attached to an aromatic ring is 1. The highest BCUT2D eigenvalue weighted by Gasteiger charge is 2.12. The van der Waals surface area contributed by atoms with Crippen LogP contribution >= 0.6 is 0 Å². The lowest BCUT2D eigenvalue weighted by atomic mass is 10.0. The minimum absolute atomic E-state index is 0.237. The van der Waals surface area contributed by atoms with Crippen molar-refractivity contribution in [2.75, 3.05) is 5.73 Å². The van der Waals surface area contributed by atoms with Gasteiger partial charge in [-0.1, -0.05) is 48.5 Å². The second kappa shape index (κ2) is 5.69. The van der Waals surface area contributed by atoms with Crippen molar-refractivity contribution >= 4 is 5.69 Å². The van der Waals surface area contributed by atoms with Gasteiger partial charge in [0.1, 0.15) is 0 Å². The number of rotatable bonds is 4. The van der Waals surface area contributed by atoms with E-state index < -0.39 is 0 Å². The normalized spacial score (nSPS) is 14.1. The van der Waals surface area contributed by atoms with Gasteiger partial charge >= 0.3 is 0 Å². The molecule has 2 unspecified atom stereocenters. The summed E-state index contributed by atoms with van der Waals surface area (Å²) >= 11 is 0. The van der Waals surface area contributed by atoms with Crippen LogP contribution in [0.3, 0.4) is 0 Å². The van der Waals surface area contributed by atoms with Crippen LogP contribution in [-0.2, 0) is 0 Å². The maximum Gasteiger partial charge on any atom is 0.0362 e. The first-order valence-corrected chi connectivity index (χ1v) is 6.34. The first-order chi connectivity index (χ1) is 8.68. The predicted molar refractivity (Wildman–Crippen MR) is 77.3 cm³/mol. The van der Waals surface area contributed by atoms with Crippen molar-refractivity contribution in [2.24, 2.45) is 0 Å². The number of nitrogens with one attached hydrogen (secondary N) is 1. The number of hydrogen-bond donors (Lipinski definition) is 2. The summed E-state index contributed by atoms with van der Waals surface area (Å²) in [7, 11) is 0. The molecule has 0 spiro atoms. The summed E-state index contributed by atoms with van der Waals surface area (Å²) < 4.78 is 0. The van der Waals surface area contributed by atoms with Gasteiger partial charge in [-0.15, -0.1) is 0 Å². The second-order valence-corrected chi connectivity index (χ2v) is 4.65. The summed E-state index contributed by atoms with van der Waals surface area (Å²) in [5.41, 5.74) is 9.28. The number of anilines is 1. The van der Waals surface area contributed by atoms with E-state index in [0.717, 1.165) is 11.3 Å². The molecule has 0 fully saturated rings. The highest BCUT2D eigenvalue weighted by molar-refractivity contribution is 5.48. The van der Waals surface area contributed by atoms with Crippen LogP contribution in [0.5, 0.6) is 0 Å². The van der Waals surface area contributed by atoms with E-state index in [4.69, 9.17) is 5.73 Å². The Morgan fingerprint density at radius 1 is 0.833 bits per heavy atom. The number of hydrogen-bond acceptors (Lipinski definition) is 2. The van der Waals surface area contributed by atoms with Crippen molar-refractivity contribution in [3.05, 3.63) is 65.7 Å². The average Bonchev–Trinajstić information content (AvgIpc) is 2.40. The molecule has 0 amide bonds. The molecule has 2 aromatic rings. The Morgan fingerprint density at radius 2 is 1.44 bits per heavy atom. The summed E-state index contributed by atoms with van der Waals surface area (Å²) in [5.74, 6) is 0. The lowest BCUT2D eigenvalue weighted by molar-refractivity contribution is 0.495. The molecule has 0 heterocycles. The molecule has 2 aromatic carbocycles. The van der Waals surface area contributed by atoms with Crippen LogP contribution in [-0.4, -0.2) is 0 Å². The zero-order chi connectivity index (χ0) is 13.0. The van der Waals surface area contributed by atoms with Gasteiger partial charge in [-0.25, -0.2) is 0 Å². The number of para-hydroxylation sites is 1. The van der Waals surface area contributed by atoms with E-state index in [1.807, 2.05) is 24.3 Å². The molecule has 3 N–H and O–H groups in total. The molecule has 0 aromatic heterocycles. The monoisotopic (exact) mass is 240 g/mol. The van der Waals surface area contributed by atoms with E-state index in [2.05, 4.69) is 49.5 Å². The molecule has 18 heavy (non-hydrogen) atoms. The van der Waals surface area contributed by atoms with Crippen molar-refractivity contribution in [2.45, 2.75) is 25.9 Å². The highest BCUT2D eigenvalue weighted by atomic mass is 14.9. The third-order valence-corrected chi connectivity index (χ3v) is 3.26. The van der Waals surface area contributed by atoms with Crippen LogP contribution in [0.2, 0.25) is 0 Å². The zero-order valence-electron chi connectivity index (χ0n) is 10.9. The van der Waals surface area contributed by atoms with Crippen molar-refractivity contribution < 1.29 is 0 Å². The molecular weight excluding hydrogens is 220 g/mol. The average molecular weight is 240 g/mol. The first kappa shape index (κ1) is 12.7. The van der Waals surface area contributed by atoms with E-state index in [0.29, 0.717) is 6.04 Å². The fraction of sp³-hybridized carbons (Fsp3) is 0.250. The quantitative estimate of drug-likeness (QED) is 0.800. The van der Waals surface area contributed by atoms with E-state index in [-0.39, 0.29) is 6.04 Å².